The van der Waals surface area contributed by atoms with E-state index in [0.29, 0.717) is 35.4 Å². The summed E-state index contributed by atoms with van der Waals surface area (Å²) in [6.45, 7) is 0.377. The van der Waals surface area contributed by atoms with Crippen molar-refractivity contribution in [3.63, 3.8) is 0 Å². The molecule has 0 aliphatic carbocycles. The Bertz CT molecular complexity index is 1010. The molecule has 0 saturated carbocycles. The minimum Gasteiger partial charge on any atom is -0.493 e. The molecule has 0 aliphatic rings. The summed E-state index contributed by atoms with van der Waals surface area (Å²) in [5.41, 5.74) is 3.12. The second kappa shape index (κ2) is 11.2. The Morgan fingerprint density at radius 1 is 0.531 bits per heavy atom. The molecule has 0 heterocycles. The molecule has 0 atom stereocenters. The van der Waals surface area contributed by atoms with Gasteiger partial charge >= 0.3 is 0 Å². The number of benzene rings is 3. The Morgan fingerprint density at radius 3 is 1.75 bits per heavy atom. The highest BCUT2D eigenvalue weighted by Crippen LogP contribution is 2.38. The Balaban J connectivity index is 1.76. The van der Waals surface area contributed by atoms with Crippen LogP contribution in [-0.2, 0) is 19.4 Å². The maximum absolute atomic E-state index is 6.17. The molecule has 0 fully saturated rings. The number of aryl methyl sites for hydroxylation is 2. The zero-order chi connectivity index (χ0) is 22.9. The molecule has 3 aromatic rings. The fourth-order valence-corrected chi connectivity index (χ4v) is 3.63. The maximum atomic E-state index is 6.17. The van der Waals surface area contributed by atoms with Crippen LogP contribution in [0.4, 0.5) is 0 Å². The van der Waals surface area contributed by atoms with Crippen molar-refractivity contribution in [3.05, 3.63) is 71.3 Å². The highest BCUT2D eigenvalue weighted by Gasteiger charge is 2.14. The quantitative estimate of drug-likeness (QED) is 0.415. The molecule has 0 amide bonds. The van der Waals surface area contributed by atoms with E-state index < -0.39 is 0 Å². The topological polar surface area (TPSA) is 55.4 Å². The van der Waals surface area contributed by atoms with Gasteiger partial charge in [0.1, 0.15) is 12.4 Å². The van der Waals surface area contributed by atoms with Crippen molar-refractivity contribution in [2.75, 3.05) is 35.5 Å². The number of rotatable bonds is 11. The molecule has 0 unspecified atom stereocenters. The van der Waals surface area contributed by atoms with Crippen molar-refractivity contribution in [2.45, 2.75) is 19.4 Å². The number of para-hydroxylation sites is 2. The fraction of sp³-hybridized carbons (Fsp3) is 0.308. The number of methoxy groups -OCH3 is 5. The highest BCUT2D eigenvalue weighted by atomic mass is 16.5. The lowest BCUT2D eigenvalue weighted by atomic mass is 10.0. The third kappa shape index (κ3) is 5.19. The average molecular weight is 439 g/mol. The first-order valence-electron chi connectivity index (χ1n) is 10.3. The van der Waals surface area contributed by atoms with Gasteiger partial charge in [0.25, 0.3) is 0 Å². The number of hydrogen-bond acceptors (Lipinski definition) is 6. The lowest BCUT2D eigenvalue weighted by Gasteiger charge is -2.16. The summed E-state index contributed by atoms with van der Waals surface area (Å²) in [5, 5.41) is 0. The Morgan fingerprint density at radius 2 is 1.12 bits per heavy atom. The van der Waals surface area contributed by atoms with Gasteiger partial charge in [0.2, 0.25) is 5.75 Å². The van der Waals surface area contributed by atoms with Gasteiger partial charge < -0.3 is 28.4 Å². The van der Waals surface area contributed by atoms with Gasteiger partial charge in [0.15, 0.2) is 23.0 Å². The smallest absolute Gasteiger partial charge is 0.203 e. The van der Waals surface area contributed by atoms with Crippen LogP contribution in [0.5, 0.6) is 34.5 Å². The van der Waals surface area contributed by atoms with E-state index in [2.05, 4.69) is 6.07 Å². The molecule has 3 aromatic carbocycles. The molecular formula is C26H30O6. The van der Waals surface area contributed by atoms with Crippen molar-refractivity contribution < 1.29 is 28.4 Å². The van der Waals surface area contributed by atoms with Crippen molar-refractivity contribution >= 4 is 0 Å². The first-order valence-corrected chi connectivity index (χ1v) is 10.3. The predicted octanol–water partition coefficient (Wildman–Crippen LogP) is 5.09. The molecule has 32 heavy (non-hydrogen) atoms. The second-order valence-electron chi connectivity index (χ2n) is 7.08. The summed E-state index contributed by atoms with van der Waals surface area (Å²) < 4.78 is 33.4. The lowest BCUT2D eigenvalue weighted by molar-refractivity contribution is 0.288. The molecule has 0 saturated heterocycles. The molecule has 0 aromatic heterocycles. The first kappa shape index (κ1) is 23.1. The molecule has 170 valence electrons. The average Bonchev–Trinajstić information content (AvgIpc) is 2.85. The fourth-order valence-electron chi connectivity index (χ4n) is 3.63. The van der Waals surface area contributed by atoms with Crippen LogP contribution in [-0.4, -0.2) is 35.5 Å². The monoisotopic (exact) mass is 438 g/mol. The minimum atomic E-state index is 0.377. The van der Waals surface area contributed by atoms with Crippen molar-refractivity contribution in [2.24, 2.45) is 0 Å². The van der Waals surface area contributed by atoms with Crippen LogP contribution in [0.1, 0.15) is 16.7 Å². The molecule has 0 bridgehead atoms. The van der Waals surface area contributed by atoms with E-state index in [1.165, 1.54) is 0 Å². The molecule has 0 aliphatic heterocycles. The van der Waals surface area contributed by atoms with Crippen LogP contribution in [0, 0.1) is 0 Å². The summed E-state index contributed by atoms with van der Waals surface area (Å²) in [6.07, 6.45) is 1.59. The summed E-state index contributed by atoms with van der Waals surface area (Å²) in [4.78, 5) is 0. The van der Waals surface area contributed by atoms with Gasteiger partial charge in [0.05, 0.1) is 35.5 Å². The zero-order valence-corrected chi connectivity index (χ0v) is 19.3. The summed E-state index contributed by atoms with van der Waals surface area (Å²) in [5.74, 6) is 4.10. The van der Waals surface area contributed by atoms with Gasteiger partial charge in [-0.1, -0.05) is 30.3 Å². The van der Waals surface area contributed by atoms with Gasteiger partial charge in [-0.25, -0.2) is 0 Å². The van der Waals surface area contributed by atoms with E-state index in [4.69, 9.17) is 28.4 Å². The molecule has 3 rings (SSSR count). The van der Waals surface area contributed by atoms with Crippen molar-refractivity contribution in [1.29, 1.82) is 0 Å². The zero-order valence-electron chi connectivity index (χ0n) is 19.3. The number of ether oxygens (including phenoxy) is 6. The van der Waals surface area contributed by atoms with Crippen LogP contribution in [0.2, 0.25) is 0 Å². The van der Waals surface area contributed by atoms with Gasteiger partial charge in [-0.3, -0.25) is 0 Å². The van der Waals surface area contributed by atoms with Crippen LogP contribution >= 0.6 is 0 Å². The van der Waals surface area contributed by atoms with E-state index in [1.54, 1.807) is 35.5 Å². The van der Waals surface area contributed by atoms with Gasteiger partial charge in [-0.15, -0.1) is 0 Å². The molecule has 0 radical (unpaired) electrons. The van der Waals surface area contributed by atoms with E-state index in [-0.39, 0.29) is 0 Å². The van der Waals surface area contributed by atoms with Gasteiger partial charge in [0, 0.05) is 5.56 Å². The highest BCUT2D eigenvalue weighted by molar-refractivity contribution is 5.54. The Hall–Kier alpha value is -3.54. The van der Waals surface area contributed by atoms with E-state index in [0.717, 1.165) is 35.3 Å². The molecule has 6 heteroatoms. The third-order valence-electron chi connectivity index (χ3n) is 5.25. The van der Waals surface area contributed by atoms with Crippen LogP contribution in [0.3, 0.4) is 0 Å². The maximum Gasteiger partial charge on any atom is 0.203 e. The van der Waals surface area contributed by atoms with E-state index in [1.807, 2.05) is 48.5 Å². The molecule has 0 spiro atoms. The Labute approximate surface area is 189 Å². The predicted molar refractivity (Wildman–Crippen MR) is 124 cm³/mol. The van der Waals surface area contributed by atoms with Crippen LogP contribution in [0.15, 0.2) is 54.6 Å². The summed E-state index contributed by atoms with van der Waals surface area (Å²) >= 11 is 0. The number of hydrogen-bond donors (Lipinski definition) is 0. The van der Waals surface area contributed by atoms with Crippen LogP contribution in [0.25, 0.3) is 0 Å². The third-order valence-corrected chi connectivity index (χ3v) is 5.25. The first-order chi connectivity index (χ1) is 15.6. The molecule has 0 N–H and O–H groups in total. The van der Waals surface area contributed by atoms with Crippen molar-refractivity contribution in [1.82, 2.24) is 0 Å². The standard InChI is InChI=1S/C26H30O6/c1-27-22-12-8-10-20(25(22)30-4)17-32-21-11-7-6-9-19(21)14-13-18-15-23(28-2)26(31-5)24(16-18)29-3/h6-12,15-16H,13-14,17H2,1-5H3. The van der Waals surface area contributed by atoms with Crippen molar-refractivity contribution in [3.8, 4) is 34.5 Å². The summed E-state index contributed by atoms with van der Waals surface area (Å²) in [7, 11) is 8.10. The second-order valence-corrected chi connectivity index (χ2v) is 7.08. The minimum absolute atomic E-state index is 0.377. The van der Waals surface area contributed by atoms with E-state index in [9.17, 15) is 0 Å². The largest absolute Gasteiger partial charge is 0.493 e. The molecule has 6 nitrogen and oxygen atoms in total. The normalized spacial score (nSPS) is 10.4. The summed E-state index contributed by atoms with van der Waals surface area (Å²) in [6, 6.07) is 17.8. The SMILES string of the molecule is COc1cccc(COc2ccccc2CCc2cc(OC)c(OC)c(OC)c2)c1OC. The van der Waals surface area contributed by atoms with Gasteiger partial charge in [-0.2, -0.15) is 0 Å². The lowest BCUT2D eigenvalue weighted by Crippen LogP contribution is -2.03. The van der Waals surface area contributed by atoms with Crippen LogP contribution < -0.4 is 28.4 Å². The van der Waals surface area contributed by atoms with E-state index >= 15 is 0 Å². The Kier molecular flexibility index (Phi) is 8.08. The molecular weight excluding hydrogens is 408 g/mol. The van der Waals surface area contributed by atoms with Gasteiger partial charge in [-0.05, 0) is 48.2 Å².